The fraction of sp³-hybridized carbons (Fsp3) is 0.647. The Morgan fingerprint density at radius 2 is 2.10 bits per heavy atom. The summed E-state index contributed by atoms with van der Waals surface area (Å²) in [5.41, 5.74) is 2.20. The molecular weight excluding hydrogens is 262 g/mol. The van der Waals surface area contributed by atoms with Crippen LogP contribution in [0.15, 0.2) is 18.2 Å². The first-order valence-corrected chi connectivity index (χ1v) is 8.17. The molecule has 3 aliphatic rings. The second-order valence-electron chi connectivity index (χ2n) is 6.86. The number of carbonyl (C=O) groups is 1. The van der Waals surface area contributed by atoms with Gasteiger partial charge >= 0.3 is 0 Å². The number of pyridine rings is 1. The average Bonchev–Trinajstić information content (AvgIpc) is 3.12. The Morgan fingerprint density at radius 1 is 1.24 bits per heavy atom. The lowest BCUT2D eigenvalue weighted by atomic mass is 10.1. The van der Waals surface area contributed by atoms with Crippen molar-refractivity contribution in [2.75, 3.05) is 13.1 Å². The van der Waals surface area contributed by atoms with Crippen LogP contribution < -0.4 is 0 Å². The van der Waals surface area contributed by atoms with Gasteiger partial charge in [-0.3, -0.25) is 14.7 Å². The van der Waals surface area contributed by atoms with Crippen LogP contribution in [-0.4, -0.2) is 45.9 Å². The van der Waals surface area contributed by atoms with Gasteiger partial charge in [0, 0.05) is 43.8 Å². The molecule has 1 aromatic heterocycles. The predicted molar refractivity (Wildman–Crippen MR) is 80.6 cm³/mol. The van der Waals surface area contributed by atoms with Crippen LogP contribution in [0.4, 0.5) is 0 Å². The van der Waals surface area contributed by atoms with Crippen molar-refractivity contribution in [1.82, 2.24) is 14.8 Å². The van der Waals surface area contributed by atoms with Crippen LogP contribution in [0.2, 0.25) is 0 Å². The first-order valence-electron chi connectivity index (χ1n) is 8.17. The number of fused-ring (bicyclic) bond motifs is 1. The molecule has 0 N–H and O–H groups in total. The fourth-order valence-electron chi connectivity index (χ4n) is 3.92. The van der Waals surface area contributed by atoms with E-state index >= 15 is 0 Å². The van der Waals surface area contributed by atoms with Crippen LogP contribution in [-0.2, 0) is 11.3 Å². The molecule has 3 heterocycles. The third-order valence-electron chi connectivity index (χ3n) is 5.19. The van der Waals surface area contributed by atoms with Crippen molar-refractivity contribution in [3.63, 3.8) is 0 Å². The van der Waals surface area contributed by atoms with E-state index in [0.717, 1.165) is 43.4 Å². The van der Waals surface area contributed by atoms with Gasteiger partial charge in [-0.25, -0.2) is 0 Å². The third-order valence-corrected chi connectivity index (χ3v) is 5.19. The van der Waals surface area contributed by atoms with Crippen molar-refractivity contribution >= 4 is 5.91 Å². The molecule has 0 spiro atoms. The average molecular weight is 285 g/mol. The molecule has 4 rings (SSSR count). The Morgan fingerprint density at radius 3 is 2.86 bits per heavy atom. The smallest absolute Gasteiger partial charge is 0.224 e. The fourth-order valence-corrected chi connectivity index (χ4v) is 3.92. The molecule has 2 saturated heterocycles. The standard InChI is InChI=1S/C17H23N3O/c1-12-3-2-4-14(18-12)11-19-8-7-15-16(19)9-17(21)20(15)10-13-5-6-13/h2-4,13,15-16H,5-11H2,1H3/t15-,16-/m0/s1. The third kappa shape index (κ3) is 2.57. The lowest BCUT2D eigenvalue weighted by Crippen LogP contribution is -2.38. The van der Waals surface area contributed by atoms with E-state index in [9.17, 15) is 4.79 Å². The lowest BCUT2D eigenvalue weighted by molar-refractivity contribution is -0.129. The summed E-state index contributed by atoms with van der Waals surface area (Å²) >= 11 is 0. The summed E-state index contributed by atoms with van der Waals surface area (Å²) in [4.78, 5) is 21.5. The number of hydrogen-bond acceptors (Lipinski definition) is 3. The summed E-state index contributed by atoms with van der Waals surface area (Å²) in [6.07, 6.45) is 4.48. The molecule has 21 heavy (non-hydrogen) atoms. The first kappa shape index (κ1) is 13.3. The molecule has 1 aromatic rings. The van der Waals surface area contributed by atoms with Crippen LogP contribution in [0, 0.1) is 12.8 Å². The zero-order chi connectivity index (χ0) is 14.4. The van der Waals surface area contributed by atoms with Gasteiger partial charge in [-0.2, -0.15) is 0 Å². The predicted octanol–water partition coefficient (Wildman–Crippen LogP) is 1.98. The van der Waals surface area contributed by atoms with Crippen molar-refractivity contribution < 1.29 is 4.79 Å². The Bertz CT molecular complexity index is 555. The van der Waals surface area contributed by atoms with Gasteiger partial charge in [0.15, 0.2) is 0 Å². The van der Waals surface area contributed by atoms with Crippen molar-refractivity contribution in [2.45, 2.75) is 51.2 Å². The molecule has 0 aromatic carbocycles. The van der Waals surface area contributed by atoms with Gasteiger partial charge < -0.3 is 4.90 Å². The number of aromatic nitrogens is 1. The van der Waals surface area contributed by atoms with E-state index in [4.69, 9.17) is 0 Å². The van der Waals surface area contributed by atoms with Crippen molar-refractivity contribution in [1.29, 1.82) is 0 Å². The summed E-state index contributed by atoms with van der Waals surface area (Å²) in [6.45, 7) is 5.02. The van der Waals surface area contributed by atoms with E-state index in [-0.39, 0.29) is 0 Å². The van der Waals surface area contributed by atoms with E-state index in [0.29, 0.717) is 24.4 Å². The normalized spacial score (nSPS) is 29.2. The van der Waals surface area contributed by atoms with Gasteiger partial charge in [0.1, 0.15) is 0 Å². The van der Waals surface area contributed by atoms with Crippen LogP contribution in [0.1, 0.15) is 37.1 Å². The van der Waals surface area contributed by atoms with Crippen molar-refractivity contribution in [3.8, 4) is 0 Å². The molecule has 2 atom stereocenters. The van der Waals surface area contributed by atoms with Gasteiger partial charge in [0.05, 0.1) is 5.69 Å². The van der Waals surface area contributed by atoms with Gasteiger partial charge in [-0.1, -0.05) is 6.07 Å². The highest BCUT2D eigenvalue weighted by atomic mass is 16.2. The number of hydrogen-bond donors (Lipinski definition) is 0. The van der Waals surface area contributed by atoms with E-state index in [2.05, 4.69) is 26.9 Å². The lowest BCUT2D eigenvalue weighted by Gasteiger charge is -2.25. The first-order chi connectivity index (χ1) is 10.2. The number of likely N-dealkylation sites (tertiary alicyclic amines) is 2. The van der Waals surface area contributed by atoms with Crippen LogP contribution >= 0.6 is 0 Å². The highest BCUT2D eigenvalue weighted by Crippen LogP contribution is 2.37. The largest absolute Gasteiger partial charge is 0.338 e. The minimum Gasteiger partial charge on any atom is -0.338 e. The molecule has 1 saturated carbocycles. The molecule has 1 aliphatic carbocycles. The molecule has 0 bridgehead atoms. The summed E-state index contributed by atoms with van der Waals surface area (Å²) in [7, 11) is 0. The molecule has 3 fully saturated rings. The second-order valence-corrected chi connectivity index (χ2v) is 6.86. The van der Waals surface area contributed by atoms with E-state index in [1.807, 2.05) is 13.0 Å². The van der Waals surface area contributed by atoms with E-state index in [1.54, 1.807) is 0 Å². The SMILES string of the molecule is Cc1cccc(CN2CC[C@H]3[C@@H]2CC(=O)N3CC2CC2)n1. The monoisotopic (exact) mass is 285 g/mol. The Balaban J connectivity index is 1.45. The zero-order valence-corrected chi connectivity index (χ0v) is 12.7. The molecule has 4 nitrogen and oxygen atoms in total. The number of rotatable bonds is 4. The van der Waals surface area contributed by atoms with Gasteiger partial charge in [0.25, 0.3) is 0 Å². The number of amides is 1. The maximum absolute atomic E-state index is 12.3. The van der Waals surface area contributed by atoms with Gasteiger partial charge in [-0.05, 0) is 44.2 Å². The van der Waals surface area contributed by atoms with Crippen LogP contribution in [0.5, 0.6) is 0 Å². The second kappa shape index (κ2) is 5.09. The molecule has 2 aliphatic heterocycles. The molecular formula is C17H23N3O. The Labute approximate surface area is 126 Å². The maximum atomic E-state index is 12.3. The maximum Gasteiger partial charge on any atom is 0.224 e. The minimum atomic E-state index is 0.374. The van der Waals surface area contributed by atoms with Gasteiger partial charge in [-0.15, -0.1) is 0 Å². The van der Waals surface area contributed by atoms with Crippen LogP contribution in [0.3, 0.4) is 0 Å². The molecule has 4 heteroatoms. The highest BCUT2D eigenvalue weighted by molar-refractivity contribution is 5.80. The van der Waals surface area contributed by atoms with Crippen molar-refractivity contribution in [3.05, 3.63) is 29.6 Å². The summed E-state index contributed by atoms with van der Waals surface area (Å²) in [6, 6.07) is 7.08. The molecule has 112 valence electrons. The van der Waals surface area contributed by atoms with Crippen LogP contribution in [0.25, 0.3) is 0 Å². The minimum absolute atomic E-state index is 0.374. The number of aryl methyl sites for hydroxylation is 1. The Kier molecular flexibility index (Phi) is 3.21. The zero-order valence-electron chi connectivity index (χ0n) is 12.7. The Hall–Kier alpha value is -1.42. The summed E-state index contributed by atoms with van der Waals surface area (Å²) in [5, 5.41) is 0. The molecule has 1 amide bonds. The number of nitrogens with zero attached hydrogens (tertiary/aromatic N) is 3. The quantitative estimate of drug-likeness (QED) is 0.848. The summed E-state index contributed by atoms with van der Waals surface area (Å²) < 4.78 is 0. The van der Waals surface area contributed by atoms with Gasteiger partial charge in [0.2, 0.25) is 5.91 Å². The van der Waals surface area contributed by atoms with Crippen molar-refractivity contribution in [2.24, 2.45) is 5.92 Å². The molecule has 0 unspecified atom stereocenters. The number of carbonyl (C=O) groups excluding carboxylic acids is 1. The topological polar surface area (TPSA) is 36.4 Å². The van der Waals surface area contributed by atoms with E-state index < -0.39 is 0 Å². The molecule has 0 radical (unpaired) electrons. The highest BCUT2D eigenvalue weighted by Gasteiger charge is 2.47. The van der Waals surface area contributed by atoms with E-state index in [1.165, 1.54) is 12.8 Å². The summed E-state index contributed by atoms with van der Waals surface area (Å²) in [5.74, 6) is 1.17.